The van der Waals surface area contributed by atoms with E-state index in [9.17, 15) is 4.79 Å². The van der Waals surface area contributed by atoms with Gasteiger partial charge in [0, 0.05) is 28.6 Å². The molecule has 0 N–H and O–H groups in total. The normalized spacial score (nSPS) is 15.3. The lowest BCUT2D eigenvalue weighted by molar-refractivity contribution is 0.120. The maximum atomic E-state index is 12.4. The molecule has 5 nitrogen and oxygen atoms in total. The highest BCUT2D eigenvalue weighted by Gasteiger charge is 2.19. The molecule has 0 bridgehead atoms. The highest BCUT2D eigenvalue weighted by molar-refractivity contribution is 7.13. The minimum atomic E-state index is -0.326. The summed E-state index contributed by atoms with van der Waals surface area (Å²) in [7, 11) is 0. The third-order valence-electron chi connectivity index (χ3n) is 3.74. The van der Waals surface area contributed by atoms with Crippen molar-refractivity contribution in [2.24, 2.45) is 0 Å². The predicted octanol–water partition coefficient (Wildman–Crippen LogP) is 3.41. The van der Waals surface area contributed by atoms with Gasteiger partial charge in [0.15, 0.2) is 5.58 Å². The topological polar surface area (TPSA) is 55.6 Å². The molecular formula is C16H13ClN2O3S. The van der Waals surface area contributed by atoms with Crippen LogP contribution in [0.1, 0.15) is 0 Å². The van der Waals surface area contributed by atoms with Gasteiger partial charge in [0.05, 0.1) is 18.6 Å². The van der Waals surface area contributed by atoms with Crippen LogP contribution in [-0.2, 0) is 4.74 Å². The molecule has 1 saturated heterocycles. The van der Waals surface area contributed by atoms with Crippen LogP contribution in [0, 0.1) is 0 Å². The van der Waals surface area contributed by atoms with Gasteiger partial charge >= 0.3 is 6.01 Å². The van der Waals surface area contributed by atoms with Gasteiger partial charge in [-0.05, 0) is 23.6 Å². The van der Waals surface area contributed by atoms with Gasteiger partial charge in [-0.15, -0.1) is 11.3 Å². The Labute approximate surface area is 141 Å². The maximum absolute atomic E-state index is 12.4. The van der Waals surface area contributed by atoms with E-state index in [-0.39, 0.29) is 5.56 Å². The number of rotatable bonds is 2. The molecule has 1 aromatic carbocycles. The molecule has 3 heterocycles. The molecule has 118 valence electrons. The predicted molar refractivity (Wildman–Crippen MR) is 91.6 cm³/mol. The number of fused-ring (bicyclic) bond motifs is 1. The highest BCUT2D eigenvalue weighted by Crippen LogP contribution is 2.34. The second-order valence-corrected chi connectivity index (χ2v) is 6.59. The first kappa shape index (κ1) is 14.7. The third-order valence-corrected chi connectivity index (χ3v) is 4.86. The molecule has 23 heavy (non-hydrogen) atoms. The van der Waals surface area contributed by atoms with Crippen LogP contribution in [0.4, 0.5) is 6.01 Å². The summed E-state index contributed by atoms with van der Waals surface area (Å²) in [5.74, 6) is 0. The summed E-state index contributed by atoms with van der Waals surface area (Å²) in [4.78, 5) is 19.4. The molecule has 3 aromatic rings. The molecule has 7 heteroatoms. The summed E-state index contributed by atoms with van der Waals surface area (Å²) in [6, 6.07) is 7.70. The maximum Gasteiger partial charge on any atom is 0.301 e. The van der Waals surface area contributed by atoms with E-state index in [1.54, 1.807) is 17.4 Å². The zero-order valence-corrected chi connectivity index (χ0v) is 13.7. The van der Waals surface area contributed by atoms with Gasteiger partial charge in [0.2, 0.25) is 0 Å². The molecule has 2 aromatic heterocycles. The first-order valence-corrected chi connectivity index (χ1v) is 8.49. The number of ether oxygens (including phenoxy) is 1. The van der Waals surface area contributed by atoms with E-state index in [0.29, 0.717) is 48.3 Å². The lowest BCUT2D eigenvalue weighted by atomic mass is 10.1. The van der Waals surface area contributed by atoms with Gasteiger partial charge in [-0.2, -0.15) is 4.98 Å². The van der Waals surface area contributed by atoms with Crippen molar-refractivity contribution in [3.63, 3.8) is 0 Å². The van der Waals surface area contributed by atoms with Crippen molar-refractivity contribution < 1.29 is 9.15 Å². The molecule has 0 aliphatic carbocycles. The molecule has 4 rings (SSSR count). The van der Waals surface area contributed by atoms with Crippen molar-refractivity contribution in [3.05, 3.63) is 45.0 Å². The molecule has 1 aliphatic rings. The third kappa shape index (κ3) is 2.73. The fraction of sp³-hybridized carbons (Fsp3) is 0.250. The summed E-state index contributed by atoms with van der Waals surface area (Å²) >= 11 is 7.74. The highest BCUT2D eigenvalue weighted by atomic mass is 35.5. The number of benzene rings is 1. The standard InChI is InChI=1S/C16H13ClN2O3S/c17-10-8-11(13-2-1-7-23-13)14-12(9-10)15(20)18-16(22-14)19-3-5-21-6-4-19/h1-2,7-9H,3-6H2. The molecule has 0 amide bonds. The zero-order chi connectivity index (χ0) is 15.8. The Kier molecular flexibility index (Phi) is 3.80. The molecular weight excluding hydrogens is 336 g/mol. The van der Waals surface area contributed by atoms with Gasteiger partial charge in [-0.1, -0.05) is 17.7 Å². The van der Waals surface area contributed by atoms with Crippen LogP contribution < -0.4 is 10.5 Å². The fourth-order valence-corrected chi connectivity index (χ4v) is 3.59. The molecule has 0 unspecified atom stereocenters. The van der Waals surface area contributed by atoms with E-state index in [2.05, 4.69) is 4.98 Å². The van der Waals surface area contributed by atoms with E-state index in [0.717, 1.165) is 10.4 Å². The van der Waals surface area contributed by atoms with Crippen LogP contribution >= 0.6 is 22.9 Å². The Hall–Kier alpha value is -1.89. The number of morpholine rings is 1. The summed E-state index contributed by atoms with van der Waals surface area (Å²) < 4.78 is 11.3. The lowest BCUT2D eigenvalue weighted by Gasteiger charge is -2.26. The Bertz CT molecular complexity index is 902. The number of hydrogen-bond acceptors (Lipinski definition) is 6. The van der Waals surface area contributed by atoms with Crippen molar-refractivity contribution in [2.75, 3.05) is 31.2 Å². The first-order valence-electron chi connectivity index (χ1n) is 7.23. The molecule has 1 aliphatic heterocycles. The van der Waals surface area contributed by atoms with Crippen LogP contribution in [0.5, 0.6) is 0 Å². The van der Waals surface area contributed by atoms with Crippen molar-refractivity contribution in [1.29, 1.82) is 0 Å². The van der Waals surface area contributed by atoms with Crippen molar-refractivity contribution in [1.82, 2.24) is 4.98 Å². The number of thiophene rings is 1. The summed E-state index contributed by atoms with van der Waals surface area (Å²) in [6.45, 7) is 2.51. The smallest absolute Gasteiger partial charge is 0.301 e. The number of hydrogen-bond donors (Lipinski definition) is 0. The van der Waals surface area contributed by atoms with Crippen LogP contribution in [0.3, 0.4) is 0 Å². The number of halogens is 1. The van der Waals surface area contributed by atoms with Crippen molar-refractivity contribution in [3.8, 4) is 10.4 Å². The molecule has 0 radical (unpaired) electrons. The summed E-state index contributed by atoms with van der Waals surface area (Å²) in [5.41, 5.74) is 1.02. The van der Waals surface area contributed by atoms with Gasteiger partial charge in [0.1, 0.15) is 0 Å². The van der Waals surface area contributed by atoms with Crippen LogP contribution in [0.2, 0.25) is 5.02 Å². The largest absolute Gasteiger partial charge is 0.424 e. The number of anilines is 1. The van der Waals surface area contributed by atoms with Crippen LogP contribution in [-0.4, -0.2) is 31.3 Å². The minimum Gasteiger partial charge on any atom is -0.424 e. The van der Waals surface area contributed by atoms with E-state index >= 15 is 0 Å². The Morgan fingerprint density at radius 1 is 1.26 bits per heavy atom. The van der Waals surface area contributed by atoms with Gasteiger partial charge < -0.3 is 14.1 Å². The summed E-state index contributed by atoms with van der Waals surface area (Å²) in [6.07, 6.45) is 0. The van der Waals surface area contributed by atoms with E-state index in [4.69, 9.17) is 20.8 Å². The van der Waals surface area contributed by atoms with Crippen LogP contribution in [0.15, 0.2) is 38.9 Å². The second kappa shape index (κ2) is 5.96. The average Bonchev–Trinajstić information content (AvgIpc) is 3.10. The Morgan fingerprint density at radius 3 is 2.83 bits per heavy atom. The monoisotopic (exact) mass is 348 g/mol. The Morgan fingerprint density at radius 2 is 2.09 bits per heavy atom. The molecule has 0 saturated carbocycles. The van der Waals surface area contributed by atoms with Crippen LogP contribution in [0.25, 0.3) is 21.4 Å². The van der Waals surface area contributed by atoms with Gasteiger partial charge in [-0.3, -0.25) is 4.79 Å². The van der Waals surface area contributed by atoms with E-state index in [1.807, 2.05) is 28.5 Å². The first-order chi connectivity index (χ1) is 11.2. The van der Waals surface area contributed by atoms with E-state index in [1.165, 1.54) is 0 Å². The van der Waals surface area contributed by atoms with Crippen molar-refractivity contribution >= 4 is 39.9 Å². The lowest BCUT2D eigenvalue weighted by Crippen LogP contribution is -2.37. The number of nitrogens with zero attached hydrogens (tertiary/aromatic N) is 2. The zero-order valence-electron chi connectivity index (χ0n) is 12.1. The fourth-order valence-electron chi connectivity index (χ4n) is 2.63. The average molecular weight is 349 g/mol. The minimum absolute atomic E-state index is 0.326. The quantitative estimate of drug-likeness (QED) is 0.710. The Balaban J connectivity index is 1.94. The van der Waals surface area contributed by atoms with Gasteiger partial charge in [-0.25, -0.2) is 0 Å². The SMILES string of the molecule is O=c1nc(N2CCOCC2)oc2c(-c3cccs3)cc(Cl)cc12. The van der Waals surface area contributed by atoms with Gasteiger partial charge in [0.25, 0.3) is 5.56 Å². The summed E-state index contributed by atoms with van der Waals surface area (Å²) in [5, 5.41) is 2.87. The molecule has 0 atom stereocenters. The number of aromatic nitrogens is 1. The van der Waals surface area contributed by atoms with E-state index < -0.39 is 0 Å². The van der Waals surface area contributed by atoms with Crippen molar-refractivity contribution in [2.45, 2.75) is 0 Å². The molecule has 1 fully saturated rings. The second-order valence-electron chi connectivity index (χ2n) is 5.21. The molecule has 0 spiro atoms.